The van der Waals surface area contributed by atoms with Crippen molar-refractivity contribution in [3.8, 4) is 0 Å². The number of rotatable bonds is 3. The van der Waals surface area contributed by atoms with E-state index in [1.165, 1.54) is 5.56 Å². The van der Waals surface area contributed by atoms with Gasteiger partial charge in [-0.3, -0.25) is 4.79 Å². The average Bonchev–Trinajstić information content (AvgIpc) is 2.73. The molecule has 0 aliphatic carbocycles. The average molecular weight is 314 g/mol. The summed E-state index contributed by atoms with van der Waals surface area (Å²) < 4.78 is 0. The number of nitrogens with one attached hydrogen (secondary N) is 1. The van der Waals surface area contributed by atoms with Crippen molar-refractivity contribution >= 4 is 23.2 Å². The summed E-state index contributed by atoms with van der Waals surface area (Å²) in [6, 6.07) is 14.2. The van der Waals surface area contributed by atoms with E-state index in [2.05, 4.69) is 43.4 Å². The molecule has 0 aromatic heterocycles. The van der Waals surface area contributed by atoms with Crippen LogP contribution in [0.5, 0.6) is 0 Å². The molecule has 1 atom stereocenters. The Morgan fingerprint density at radius 2 is 1.82 bits per heavy atom. The SMILES string of the molecule is CC(C)c1ccc(CC2(C)C(=O)Nc3c(Cl)cccc32)cc1. The Hall–Kier alpha value is -1.80. The quantitative estimate of drug-likeness (QED) is 0.856. The van der Waals surface area contributed by atoms with Crippen LogP contribution in [0.2, 0.25) is 5.02 Å². The second-order valence-electron chi connectivity index (χ2n) is 6.52. The van der Waals surface area contributed by atoms with E-state index in [4.69, 9.17) is 11.6 Å². The molecule has 22 heavy (non-hydrogen) atoms. The summed E-state index contributed by atoms with van der Waals surface area (Å²) in [5.74, 6) is 0.530. The maximum Gasteiger partial charge on any atom is 0.235 e. The van der Waals surface area contributed by atoms with Crippen LogP contribution in [0, 0.1) is 0 Å². The molecule has 0 spiro atoms. The number of carbonyl (C=O) groups excluding carboxylic acids is 1. The summed E-state index contributed by atoms with van der Waals surface area (Å²) in [4.78, 5) is 12.5. The van der Waals surface area contributed by atoms with Gasteiger partial charge in [0.25, 0.3) is 0 Å². The third-order valence-electron chi connectivity index (χ3n) is 4.55. The van der Waals surface area contributed by atoms with Gasteiger partial charge in [-0.1, -0.05) is 61.8 Å². The first-order valence-electron chi connectivity index (χ1n) is 7.61. The predicted molar refractivity (Wildman–Crippen MR) is 91.7 cm³/mol. The second kappa shape index (κ2) is 5.44. The Labute approximate surface area is 136 Å². The molecule has 1 unspecified atom stereocenters. The lowest BCUT2D eigenvalue weighted by atomic mass is 9.78. The highest BCUT2D eigenvalue weighted by Crippen LogP contribution is 2.43. The number of para-hydroxylation sites is 1. The van der Waals surface area contributed by atoms with Crippen LogP contribution in [0.25, 0.3) is 0 Å². The van der Waals surface area contributed by atoms with Crippen molar-refractivity contribution in [2.75, 3.05) is 5.32 Å². The Kier molecular flexibility index (Phi) is 3.73. The minimum Gasteiger partial charge on any atom is -0.324 e. The number of carbonyl (C=O) groups is 1. The molecule has 1 aliphatic rings. The molecule has 2 nitrogen and oxygen atoms in total. The van der Waals surface area contributed by atoms with E-state index >= 15 is 0 Å². The number of halogens is 1. The van der Waals surface area contributed by atoms with Gasteiger partial charge in [0.2, 0.25) is 5.91 Å². The third-order valence-corrected chi connectivity index (χ3v) is 4.87. The van der Waals surface area contributed by atoms with Gasteiger partial charge in [-0.25, -0.2) is 0 Å². The molecule has 2 aromatic carbocycles. The number of hydrogen-bond donors (Lipinski definition) is 1. The summed E-state index contributed by atoms with van der Waals surface area (Å²) in [7, 11) is 0. The largest absolute Gasteiger partial charge is 0.324 e. The fraction of sp³-hybridized carbons (Fsp3) is 0.316. The number of anilines is 1. The van der Waals surface area contributed by atoms with E-state index in [1.807, 2.05) is 25.1 Å². The van der Waals surface area contributed by atoms with Gasteiger partial charge in [-0.15, -0.1) is 0 Å². The lowest BCUT2D eigenvalue weighted by Gasteiger charge is -2.22. The smallest absolute Gasteiger partial charge is 0.235 e. The van der Waals surface area contributed by atoms with Crippen molar-refractivity contribution in [1.29, 1.82) is 0 Å². The van der Waals surface area contributed by atoms with Crippen molar-refractivity contribution in [3.05, 3.63) is 64.2 Å². The lowest BCUT2D eigenvalue weighted by molar-refractivity contribution is -0.120. The van der Waals surface area contributed by atoms with Crippen molar-refractivity contribution in [1.82, 2.24) is 0 Å². The predicted octanol–water partition coefficient (Wildman–Crippen LogP) is 4.92. The summed E-state index contributed by atoms with van der Waals surface area (Å²) >= 11 is 6.21. The van der Waals surface area contributed by atoms with Gasteiger partial charge in [0.15, 0.2) is 0 Å². The summed E-state index contributed by atoms with van der Waals surface area (Å²) in [5.41, 5.74) is 3.65. The normalized spacial score (nSPS) is 20.1. The summed E-state index contributed by atoms with van der Waals surface area (Å²) in [5, 5.41) is 3.54. The van der Waals surface area contributed by atoms with E-state index in [-0.39, 0.29) is 5.91 Å². The standard InChI is InChI=1S/C19H20ClNO/c1-12(2)14-9-7-13(8-10-14)11-19(3)15-5-4-6-16(20)17(15)21-18(19)22/h4-10,12H,11H2,1-3H3,(H,21,22). The van der Waals surface area contributed by atoms with E-state index < -0.39 is 5.41 Å². The van der Waals surface area contributed by atoms with Crippen LogP contribution < -0.4 is 5.32 Å². The Morgan fingerprint density at radius 1 is 1.14 bits per heavy atom. The van der Waals surface area contributed by atoms with Gasteiger partial charge in [0.05, 0.1) is 16.1 Å². The molecule has 1 heterocycles. The number of hydrogen-bond acceptors (Lipinski definition) is 1. The molecule has 0 fully saturated rings. The minimum absolute atomic E-state index is 0.0172. The summed E-state index contributed by atoms with van der Waals surface area (Å²) in [6.45, 7) is 6.35. The van der Waals surface area contributed by atoms with Gasteiger partial charge >= 0.3 is 0 Å². The van der Waals surface area contributed by atoms with Crippen LogP contribution in [0.15, 0.2) is 42.5 Å². The van der Waals surface area contributed by atoms with Crippen LogP contribution in [-0.2, 0) is 16.6 Å². The van der Waals surface area contributed by atoms with Crippen LogP contribution >= 0.6 is 11.6 Å². The zero-order valence-corrected chi connectivity index (χ0v) is 13.9. The fourth-order valence-electron chi connectivity index (χ4n) is 3.09. The number of fused-ring (bicyclic) bond motifs is 1. The van der Waals surface area contributed by atoms with Crippen molar-refractivity contribution < 1.29 is 4.79 Å². The molecule has 0 bridgehead atoms. The van der Waals surface area contributed by atoms with Crippen LogP contribution in [0.1, 0.15) is 43.4 Å². The van der Waals surface area contributed by atoms with Gasteiger partial charge in [0, 0.05) is 0 Å². The molecule has 0 saturated carbocycles. The second-order valence-corrected chi connectivity index (χ2v) is 6.93. The van der Waals surface area contributed by atoms with Gasteiger partial charge < -0.3 is 5.32 Å². The molecule has 3 heteroatoms. The van der Waals surface area contributed by atoms with Gasteiger partial charge in [0.1, 0.15) is 0 Å². The minimum atomic E-state index is -0.570. The Morgan fingerprint density at radius 3 is 2.45 bits per heavy atom. The summed E-state index contributed by atoms with van der Waals surface area (Å²) in [6.07, 6.45) is 0.671. The molecule has 114 valence electrons. The van der Waals surface area contributed by atoms with E-state index in [9.17, 15) is 4.79 Å². The first-order chi connectivity index (χ1) is 10.4. The molecule has 2 aromatic rings. The molecule has 1 N–H and O–H groups in total. The van der Waals surface area contributed by atoms with Crippen molar-refractivity contribution in [3.63, 3.8) is 0 Å². The molecule has 0 radical (unpaired) electrons. The highest BCUT2D eigenvalue weighted by atomic mass is 35.5. The zero-order valence-electron chi connectivity index (χ0n) is 13.1. The maximum absolute atomic E-state index is 12.5. The Balaban J connectivity index is 1.95. The fourth-order valence-corrected chi connectivity index (χ4v) is 3.31. The number of amides is 1. The van der Waals surface area contributed by atoms with Crippen LogP contribution in [0.4, 0.5) is 5.69 Å². The van der Waals surface area contributed by atoms with E-state index in [0.717, 1.165) is 16.8 Å². The number of benzene rings is 2. The van der Waals surface area contributed by atoms with E-state index in [0.29, 0.717) is 17.4 Å². The topological polar surface area (TPSA) is 29.1 Å². The molecule has 1 amide bonds. The lowest BCUT2D eigenvalue weighted by Crippen LogP contribution is -2.33. The zero-order chi connectivity index (χ0) is 15.9. The molecular formula is C19H20ClNO. The van der Waals surface area contributed by atoms with Gasteiger partial charge in [-0.2, -0.15) is 0 Å². The third kappa shape index (κ3) is 2.42. The van der Waals surface area contributed by atoms with Crippen LogP contribution in [0.3, 0.4) is 0 Å². The Bertz CT molecular complexity index is 721. The van der Waals surface area contributed by atoms with Gasteiger partial charge in [-0.05, 0) is 42.0 Å². The molecular weight excluding hydrogens is 294 g/mol. The first kappa shape index (κ1) is 15.1. The highest BCUT2D eigenvalue weighted by Gasteiger charge is 2.43. The maximum atomic E-state index is 12.5. The van der Waals surface area contributed by atoms with Crippen molar-refractivity contribution in [2.24, 2.45) is 0 Å². The van der Waals surface area contributed by atoms with E-state index in [1.54, 1.807) is 0 Å². The monoisotopic (exact) mass is 313 g/mol. The van der Waals surface area contributed by atoms with Crippen molar-refractivity contribution in [2.45, 2.75) is 38.5 Å². The highest BCUT2D eigenvalue weighted by molar-refractivity contribution is 6.34. The van der Waals surface area contributed by atoms with Crippen LogP contribution in [-0.4, -0.2) is 5.91 Å². The first-order valence-corrected chi connectivity index (χ1v) is 7.99. The molecule has 0 saturated heterocycles. The molecule has 1 aliphatic heterocycles. The molecule has 3 rings (SSSR count).